The van der Waals surface area contributed by atoms with Crippen molar-refractivity contribution in [2.24, 2.45) is 0 Å². The summed E-state index contributed by atoms with van der Waals surface area (Å²) in [4.78, 5) is 20.9. The molecule has 0 aliphatic carbocycles. The zero-order valence-electron chi connectivity index (χ0n) is 13.9. The van der Waals surface area contributed by atoms with Gasteiger partial charge in [-0.2, -0.15) is 0 Å². The number of rotatable bonds is 2. The van der Waals surface area contributed by atoms with E-state index in [0.717, 1.165) is 33.4 Å². The summed E-state index contributed by atoms with van der Waals surface area (Å²) < 4.78 is 0. The number of benzene rings is 3. The van der Waals surface area contributed by atoms with Crippen LogP contribution in [-0.4, -0.2) is 15.9 Å². The first-order valence-corrected chi connectivity index (χ1v) is 8.47. The van der Waals surface area contributed by atoms with Gasteiger partial charge in [-0.1, -0.05) is 60.7 Å². The number of carbonyl (C=O) groups excluding carboxylic acids is 1. The van der Waals surface area contributed by atoms with Crippen LogP contribution in [0.4, 0.5) is 5.69 Å². The number of carbonyl (C=O) groups is 1. The molecule has 4 nitrogen and oxygen atoms in total. The minimum atomic E-state index is -0.106. The number of aromatic nitrogens is 2. The van der Waals surface area contributed by atoms with Crippen LogP contribution in [0.5, 0.6) is 0 Å². The molecule has 0 spiro atoms. The molecule has 2 heterocycles. The normalized spacial score (nSPS) is 15.0. The maximum Gasteiger partial charge on any atom is 0.257 e. The molecule has 4 aromatic rings. The van der Waals surface area contributed by atoms with Crippen molar-refractivity contribution in [2.45, 2.75) is 0 Å². The van der Waals surface area contributed by atoms with Crippen molar-refractivity contribution in [3.63, 3.8) is 0 Å². The molecule has 26 heavy (non-hydrogen) atoms. The van der Waals surface area contributed by atoms with Crippen LogP contribution >= 0.6 is 0 Å². The van der Waals surface area contributed by atoms with Crippen molar-refractivity contribution in [1.82, 2.24) is 9.97 Å². The van der Waals surface area contributed by atoms with Crippen LogP contribution in [0.2, 0.25) is 0 Å². The highest BCUT2D eigenvalue weighted by atomic mass is 16.2. The molecular formula is C22H15N3O. The van der Waals surface area contributed by atoms with Gasteiger partial charge in [0.25, 0.3) is 5.91 Å². The first-order valence-electron chi connectivity index (χ1n) is 8.47. The fraction of sp³-hybridized carbons (Fsp3) is 0. The van der Waals surface area contributed by atoms with Crippen molar-refractivity contribution in [2.75, 3.05) is 5.32 Å². The van der Waals surface area contributed by atoms with Gasteiger partial charge in [0.15, 0.2) is 0 Å². The molecule has 4 heteroatoms. The summed E-state index contributed by atoms with van der Waals surface area (Å²) in [5.74, 6) is 0.588. The number of imidazole rings is 1. The summed E-state index contributed by atoms with van der Waals surface area (Å²) >= 11 is 0. The largest absolute Gasteiger partial charge is 0.338 e. The Bertz CT molecular complexity index is 1140. The minimum absolute atomic E-state index is 0.106. The Hall–Kier alpha value is -3.66. The highest BCUT2D eigenvalue weighted by Crippen LogP contribution is 2.39. The highest BCUT2D eigenvalue weighted by Gasteiger charge is 2.29. The van der Waals surface area contributed by atoms with Crippen LogP contribution in [0.3, 0.4) is 0 Å². The fourth-order valence-corrected chi connectivity index (χ4v) is 3.44. The monoisotopic (exact) mass is 337 g/mol. The van der Waals surface area contributed by atoms with Crippen LogP contribution in [-0.2, 0) is 4.79 Å². The number of fused-ring (bicyclic) bond motifs is 2. The number of H-pyrrole nitrogens is 1. The van der Waals surface area contributed by atoms with Gasteiger partial charge in [-0.15, -0.1) is 0 Å². The lowest BCUT2D eigenvalue weighted by molar-refractivity contribution is -0.110. The van der Waals surface area contributed by atoms with E-state index in [1.807, 2.05) is 78.9 Å². The van der Waals surface area contributed by atoms with Gasteiger partial charge >= 0.3 is 0 Å². The number of nitrogens with one attached hydrogen (secondary N) is 2. The molecule has 0 saturated heterocycles. The van der Waals surface area contributed by atoms with E-state index in [2.05, 4.69) is 10.3 Å². The highest BCUT2D eigenvalue weighted by molar-refractivity contribution is 6.38. The van der Waals surface area contributed by atoms with E-state index in [9.17, 15) is 4.79 Å². The predicted molar refractivity (Wildman–Crippen MR) is 104 cm³/mol. The number of hydrogen-bond donors (Lipinski definition) is 2. The van der Waals surface area contributed by atoms with Crippen molar-refractivity contribution in [3.8, 4) is 0 Å². The molecule has 0 atom stereocenters. The van der Waals surface area contributed by atoms with E-state index in [-0.39, 0.29) is 5.91 Å². The minimum Gasteiger partial charge on any atom is -0.338 e. The third-order valence-electron chi connectivity index (χ3n) is 4.61. The molecule has 1 aliphatic rings. The Morgan fingerprint density at radius 1 is 0.808 bits per heavy atom. The average molecular weight is 337 g/mol. The van der Waals surface area contributed by atoms with E-state index in [1.54, 1.807) is 0 Å². The fourth-order valence-electron chi connectivity index (χ4n) is 3.44. The average Bonchev–Trinajstić information content (AvgIpc) is 3.24. The molecule has 0 unspecified atom stereocenters. The maximum atomic E-state index is 12.8. The van der Waals surface area contributed by atoms with Gasteiger partial charge in [0.05, 0.1) is 16.6 Å². The lowest BCUT2D eigenvalue weighted by Gasteiger charge is -2.09. The van der Waals surface area contributed by atoms with Gasteiger partial charge in [0.2, 0.25) is 0 Å². The molecule has 5 rings (SSSR count). The second-order valence-electron chi connectivity index (χ2n) is 6.22. The van der Waals surface area contributed by atoms with Crippen molar-refractivity contribution in [3.05, 3.63) is 95.8 Å². The second-order valence-corrected chi connectivity index (χ2v) is 6.22. The van der Waals surface area contributed by atoms with E-state index >= 15 is 0 Å². The van der Waals surface area contributed by atoms with Gasteiger partial charge in [-0.05, 0) is 23.8 Å². The first-order chi connectivity index (χ1) is 12.8. The van der Waals surface area contributed by atoms with Gasteiger partial charge < -0.3 is 10.3 Å². The second kappa shape index (κ2) is 5.70. The molecular weight excluding hydrogens is 322 g/mol. The van der Waals surface area contributed by atoms with Crippen LogP contribution in [0.25, 0.3) is 22.2 Å². The smallest absolute Gasteiger partial charge is 0.257 e. The first kappa shape index (κ1) is 14.7. The predicted octanol–water partition coefficient (Wildman–Crippen LogP) is 4.47. The number of nitrogens with zero attached hydrogens (tertiary/aromatic N) is 1. The Balaban J connectivity index is 1.85. The van der Waals surface area contributed by atoms with E-state index < -0.39 is 0 Å². The molecule has 2 N–H and O–H groups in total. The quantitative estimate of drug-likeness (QED) is 0.530. The molecule has 1 amide bonds. The van der Waals surface area contributed by atoms with E-state index in [0.29, 0.717) is 11.4 Å². The van der Waals surface area contributed by atoms with Crippen LogP contribution in [0, 0.1) is 0 Å². The lowest BCUT2D eigenvalue weighted by Crippen LogP contribution is -2.07. The molecule has 0 bridgehead atoms. The molecule has 0 saturated carbocycles. The Morgan fingerprint density at radius 3 is 2.38 bits per heavy atom. The van der Waals surface area contributed by atoms with Crippen LogP contribution in [0.15, 0.2) is 78.9 Å². The number of amides is 1. The van der Waals surface area contributed by atoms with Crippen molar-refractivity contribution < 1.29 is 4.79 Å². The zero-order chi connectivity index (χ0) is 17.5. The van der Waals surface area contributed by atoms with Gasteiger partial charge in [0.1, 0.15) is 5.82 Å². The SMILES string of the molecule is O=C1Nc2ccccc2/C1=C(\c1ccccc1)c1nc2ccccc2[nH]1. The zero-order valence-corrected chi connectivity index (χ0v) is 13.9. The third kappa shape index (κ3) is 2.24. The summed E-state index contributed by atoms with van der Waals surface area (Å²) in [6.07, 6.45) is 0. The summed E-state index contributed by atoms with van der Waals surface area (Å²) in [5, 5.41) is 2.96. The van der Waals surface area contributed by atoms with Gasteiger partial charge in [-0.3, -0.25) is 4.79 Å². The Labute approximate surface area is 150 Å². The van der Waals surface area contributed by atoms with E-state index in [4.69, 9.17) is 4.98 Å². The molecule has 1 aromatic heterocycles. The van der Waals surface area contributed by atoms with Crippen molar-refractivity contribution >= 4 is 33.8 Å². The van der Waals surface area contributed by atoms with Crippen molar-refractivity contribution in [1.29, 1.82) is 0 Å². The summed E-state index contributed by atoms with van der Waals surface area (Å²) in [7, 11) is 0. The number of hydrogen-bond acceptors (Lipinski definition) is 2. The number of aromatic amines is 1. The molecule has 0 radical (unpaired) electrons. The molecule has 124 valence electrons. The lowest BCUT2D eigenvalue weighted by atomic mass is 9.95. The third-order valence-corrected chi connectivity index (χ3v) is 4.61. The maximum absolute atomic E-state index is 12.8. The molecule has 1 aliphatic heterocycles. The molecule has 3 aromatic carbocycles. The van der Waals surface area contributed by atoms with Gasteiger partial charge in [0, 0.05) is 16.8 Å². The number of anilines is 1. The van der Waals surface area contributed by atoms with Gasteiger partial charge in [-0.25, -0.2) is 4.98 Å². The topological polar surface area (TPSA) is 57.8 Å². The van der Waals surface area contributed by atoms with E-state index in [1.165, 1.54) is 0 Å². The van der Waals surface area contributed by atoms with Crippen LogP contribution in [0.1, 0.15) is 17.0 Å². The summed E-state index contributed by atoms with van der Waals surface area (Å²) in [5.41, 5.74) is 5.96. The summed E-state index contributed by atoms with van der Waals surface area (Å²) in [6, 6.07) is 25.5. The Morgan fingerprint density at radius 2 is 1.54 bits per heavy atom. The Kier molecular flexibility index (Phi) is 3.22. The standard InChI is InChI=1S/C22H15N3O/c26-22-20(15-10-4-5-11-16(15)25-22)19(14-8-2-1-3-9-14)21-23-17-12-6-7-13-18(17)24-21/h1-13H,(H,23,24)(H,25,26)/b20-19-. The van der Waals surface area contributed by atoms with Crippen LogP contribution < -0.4 is 5.32 Å². The number of para-hydroxylation sites is 3. The molecule has 0 fully saturated rings. The summed E-state index contributed by atoms with van der Waals surface area (Å²) in [6.45, 7) is 0.